The molecule has 0 aliphatic heterocycles. The summed E-state index contributed by atoms with van der Waals surface area (Å²) in [5, 5.41) is 21.5. The van der Waals surface area contributed by atoms with Crippen LogP contribution >= 0.6 is 0 Å². The van der Waals surface area contributed by atoms with Crippen LogP contribution in [0.15, 0.2) is 0 Å². The van der Waals surface area contributed by atoms with Crippen molar-refractivity contribution >= 4 is 23.8 Å². The quantitative estimate of drug-likeness (QED) is 0.318. The number of carbonyl (C=O) groups excluding carboxylic acids is 2. The Labute approximate surface area is 158 Å². The van der Waals surface area contributed by atoms with Gasteiger partial charge in [0.1, 0.15) is 6.04 Å². The fraction of sp³-hybridized carbons (Fsp3) is 0.600. The van der Waals surface area contributed by atoms with E-state index >= 15 is 0 Å². The van der Waals surface area contributed by atoms with Gasteiger partial charge in [0, 0.05) is 6.42 Å². The van der Waals surface area contributed by atoms with Crippen molar-refractivity contribution in [3.63, 3.8) is 0 Å². The molecule has 5 N–H and O–H groups in total. The van der Waals surface area contributed by atoms with Crippen molar-refractivity contribution in [2.45, 2.75) is 25.3 Å². The molecule has 1 atom stereocenters. The summed E-state index contributed by atoms with van der Waals surface area (Å²) in [4.78, 5) is 43.1. The maximum atomic E-state index is 11.3. The number of hydrogen-bond donors (Lipinski definition) is 4. The van der Waals surface area contributed by atoms with Crippen LogP contribution in [-0.2, 0) is 19.2 Å². The maximum absolute atomic E-state index is 11.3. The summed E-state index contributed by atoms with van der Waals surface area (Å²) < 4.78 is 0. The third-order valence-corrected chi connectivity index (χ3v) is 2.12. The number of carboxylic acid groups (broad SMARTS) is 2. The Balaban J connectivity index is 0. The first-order chi connectivity index (χ1) is 8.86. The van der Waals surface area contributed by atoms with Gasteiger partial charge in [0.25, 0.3) is 0 Å². The first-order valence-electron chi connectivity index (χ1n) is 5.52. The molecule has 2 amide bonds. The molecule has 0 fully saturated rings. The Morgan fingerprint density at radius 3 is 2.15 bits per heavy atom. The average molecular weight is 313 g/mol. The first kappa shape index (κ1) is 21.8. The van der Waals surface area contributed by atoms with E-state index in [2.05, 4.69) is 10.6 Å². The Kier molecular flexibility index (Phi) is 13.3. The standard InChI is InChI=1S/C10H16N3O6.K/c11-4-7(14)12-5-8(15)13-6(10(18)19)2-1-3-9(16)17;/h6,11H,1-5H2,(H,12,14)(H,13,15)(H,16,17)(H,18,19);/q-1;+1. The van der Waals surface area contributed by atoms with E-state index in [1.807, 2.05) is 0 Å². The van der Waals surface area contributed by atoms with Gasteiger partial charge in [-0.25, -0.2) is 4.79 Å². The van der Waals surface area contributed by atoms with E-state index in [1.165, 1.54) is 0 Å². The van der Waals surface area contributed by atoms with Crippen molar-refractivity contribution in [1.82, 2.24) is 10.6 Å². The van der Waals surface area contributed by atoms with E-state index in [9.17, 15) is 19.2 Å². The number of carboxylic acids is 2. The fourth-order valence-corrected chi connectivity index (χ4v) is 1.20. The van der Waals surface area contributed by atoms with Crippen molar-refractivity contribution in [1.29, 1.82) is 0 Å². The van der Waals surface area contributed by atoms with Crippen LogP contribution in [0.4, 0.5) is 0 Å². The molecule has 0 saturated heterocycles. The monoisotopic (exact) mass is 313 g/mol. The minimum Gasteiger partial charge on any atom is -0.670 e. The summed E-state index contributed by atoms with van der Waals surface area (Å²) in [6, 6.07) is -1.19. The number of carbonyl (C=O) groups is 4. The molecule has 0 spiro atoms. The van der Waals surface area contributed by atoms with Crippen LogP contribution in [0.1, 0.15) is 19.3 Å². The van der Waals surface area contributed by atoms with E-state index in [0.717, 1.165) is 0 Å². The fourth-order valence-electron chi connectivity index (χ4n) is 1.20. The minimum atomic E-state index is -1.27. The van der Waals surface area contributed by atoms with Crippen molar-refractivity contribution in [3.05, 3.63) is 5.73 Å². The second-order valence-electron chi connectivity index (χ2n) is 3.70. The molecule has 1 unspecified atom stereocenters. The molecule has 0 aromatic heterocycles. The van der Waals surface area contributed by atoms with Crippen LogP contribution < -0.4 is 62.0 Å². The molecule has 0 aliphatic rings. The van der Waals surface area contributed by atoms with Crippen LogP contribution in [0.5, 0.6) is 0 Å². The van der Waals surface area contributed by atoms with Gasteiger partial charge in [0.15, 0.2) is 5.91 Å². The molecule has 0 heterocycles. The van der Waals surface area contributed by atoms with Gasteiger partial charge in [0.2, 0.25) is 5.91 Å². The summed E-state index contributed by atoms with van der Waals surface area (Å²) in [7, 11) is 0. The van der Waals surface area contributed by atoms with Gasteiger partial charge in [-0.05, 0) is 12.8 Å². The van der Waals surface area contributed by atoms with E-state index in [0.29, 0.717) is 0 Å². The van der Waals surface area contributed by atoms with Crippen LogP contribution in [0.25, 0.3) is 5.73 Å². The zero-order chi connectivity index (χ0) is 14.8. The molecule has 0 bridgehead atoms. The van der Waals surface area contributed by atoms with Crippen LogP contribution in [0, 0.1) is 0 Å². The molecule has 0 rings (SSSR count). The van der Waals surface area contributed by atoms with Crippen LogP contribution in [-0.4, -0.2) is 53.1 Å². The minimum absolute atomic E-state index is 0. The molecule has 10 heteroatoms. The van der Waals surface area contributed by atoms with Gasteiger partial charge in [-0.15, -0.1) is 0 Å². The van der Waals surface area contributed by atoms with Gasteiger partial charge in [0.05, 0.1) is 6.54 Å². The van der Waals surface area contributed by atoms with Gasteiger partial charge < -0.3 is 26.6 Å². The van der Waals surface area contributed by atoms with Crippen LogP contribution in [0.2, 0.25) is 0 Å². The average Bonchev–Trinajstić information content (AvgIpc) is 2.34. The van der Waals surface area contributed by atoms with Gasteiger partial charge >= 0.3 is 63.3 Å². The summed E-state index contributed by atoms with van der Waals surface area (Å²) in [5.41, 5.74) is 6.70. The summed E-state index contributed by atoms with van der Waals surface area (Å²) in [6.45, 7) is -0.936. The molecular weight excluding hydrogens is 297 g/mol. The van der Waals surface area contributed by atoms with E-state index in [4.69, 9.17) is 15.9 Å². The predicted octanol–water partition coefficient (Wildman–Crippen LogP) is -4.02. The SMILES string of the molecule is [K+].[NH-]CC(=O)NCC(=O)NC(CCCC(=O)O)C(=O)O. The molecule has 0 radical (unpaired) electrons. The Morgan fingerprint density at radius 1 is 1.10 bits per heavy atom. The zero-order valence-corrected chi connectivity index (χ0v) is 14.3. The van der Waals surface area contributed by atoms with E-state index < -0.39 is 42.9 Å². The predicted molar refractivity (Wildman–Crippen MR) is 63.3 cm³/mol. The number of hydrogen-bond acceptors (Lipinski definition) is 4. The summed E-state index contributed by atoms with van der Waals surface area (Å²) in [5.74, 6) is -3.67. The van der Waals surface area contributed by atoms with Gasteiger partial charge in [-0.3, -0.25) is 14.4 Å². The second-order valence-corrected chi connectivity index (χ2v) is 3.70. The smallest absolute Gasteiger partial charge is 0.670 e. The molecular formula is C10H16KN3O6. The van der Waals surface area contributed by atoms with E-state index in [-0.39, 0.29) is 70.6 Å². The van der Waals surface area contributed by atoms with Crippen molar-refractivity contribution in [2.75, 3.05) is 13.1 Å². The zero-order valence-electron chi connectivity index (χ0n) is 11.1. The Hall–Kier alpha value is -0.524. The molecule has 0 aromatic rings. The normalized spacial score (nSPS) is 10.8. The van der Waals surface area contributed by atoms with Gasteiger partial charge in [-0.2, -0.15) is 0 Å². The summed E-state index contributed by atoms with van der Waals surface area (Å²) in [6.07, 6.45) is -0.0827. The number of rotatable bonds is 9. The Morgan fingerprint density at radius 2 is 1.70 bits per heavy atom. The Bertz CT molecular complexity index is 363. The van der Waals surface area contributed by atoms with Crippen molar-refractivity contribution in [3.8, 4) is 0 Å². The number of nitrogens with one attached hydrogen (secondary N) is 3. The molecule has 0 aliphatic carbocycles. The van der Waals surface area contributed by atoms with E-state index in [1.54, 1.807) is 0 Å². The second kappa shape index (κ2) is 12.2. The third-order valence-electron chi connectivity index (χ3n) is 2.12. The molecule has 0 aromatic carbocycles. The third kappa shape index (κ3) is 11.3. The van der Waals surface area contributed by atoms with Crippen molar-refractivity contribution in [2.24, 2.45) is 0 Å². The number of amides is 2. The maximum Gasteiger partial charge on any atom is 1.00 e. The molecule has 9 nitrogen and oxygen atoms in total. The van der Waals surface area contributed by atoms with Crippen LogP contribution in [0.3, 0.4) is 0 Å². The molecule has 0 saturated carbocycles. The first-order valence-corrected chi connectivity index (χ1v) is 5.52. The number of aliphatic carboxylic acids is 2. The summed E-state index contributed by atoms with van der Waals surface area (Å²) >= 11 is 0. The molecule has 108 valence electrons. The largest absolute Gasteiger partial charge is 1.00 e. The van der Waals surface area contributed by atoms with Crippen molar-refractivity contribution < 1.29 is 80.8 Å². The van der Waals surface area contributed by atoms with Gasteiger partial charge in [-0.1, -0.05) is 6.54 Å². The topological polar surface area (TPSA) is 157 Å². The molecule has 20 heavy (non-hydrogen) atoms.